The molecule has 0 aliphatic heterocycles. The number of aromatic nitrogens is 1. The van der Waals surface area contributed by atoms with Gasteiger partial charge in [-0.2, -0.15) is 0 Å². The highest BCUT2D eigenvalue weighted by molar-refractivity contribution is 7.18. The molecule has 1 N–H and O–H groups in total. The van der Waals surface area contributed by atoms with Crippen molar-refractivity contribution in [3.8, 4) is 11.5 Å². The van der Waals surface area contributed by atoms with Crippen molar-refractivity contribution in [2.75, 3.05) is 40.4 Å². The van der Waals surface area contributed by atoms with Crippen molar-refractivity contribution in [1.82, 2.24) is 10.3 Å². The van der Waals surface area contributed by atoms with Crippen LogP contribution in [0.5, 0.6) is 11.5 Å². The van der Waals surface area contributed by atoms with E-state index >= 15 is 0 Å². The zero-order valence-electron chi connectivity index (χ0n) is 19.3. The number of carbonyl (C=O) groups excluding carboxylic acids is 1. The number of amides is 1. The number of hydrogen-bond donors (Lipinski definition) is 1. The molecule has 168 valence electrons. The largest absolute Gasteiger partial charge is 0.493 e. The maximum Gasteiger partial charge on any atom is 0.408 e. The Morgan fingerprint density at radius 1 is 1.20 bits per heavy atom. The highest BCUT2D eigenvalue weighted by atomic mass is 32.1. The molecule has 2 aromatic rings. The van der Waals surface area contributed by atoms with E-state index in [1.807, 2.05) is 32.9 Å². The number of methoxy groups -OCH3 is 1. The first kappa shape index (κ1) is 24.2. The van der Waals surface area contributed by atoms with E-state index < -0.39 is 11.7 Å². The molecule has 1 heterocycles. The third kappa shape index (κ3) is 7.02. The van der Waals surface area contributed by atoms with Gasteiger partial charge in [-0.1, -0.05) is 0 Å². The predicted octanol–water partition coefficient (Wildman–Crippen LogP) is 4.58. The number of quaternary nitrogens is 1. The number of nitrogens with one attached hydrogen (secondary N) is 1. The molecule has 0 unspecified atom stereocenters. The molecular formula is C22H36N3O4S+. The first-order valence-electron chi connectivity index (χ1n) is 10.5. The first-order valence-corrected chi connectivity index (χ1v) is 11.3. The highest BCUT2D eigenvalue weighted by Crippen LogP contribution is 2.35. The quantitative estimate of drug-likeness (QED) is 0.434. The lowest BCUT2D eigenvalue weighted by molar-refractivity contribution is -0.906. The summed E-state index contributed by atoms with van der Waals surface area (Å²) in [5.41, 5.74) is 0.307. The fourth-order valence-corrected chi connectivity index (χ4v) is 3.88. The smallest absolute Gasteiger partial charge is 0.408 e. The van der Waals surface area contributed by atoms with E-state index in [-0.39, 0.29) is 0 Å². The molecule has 0 aliphatic carbocycles. The van der Waals surface area contributed by atoms with E-state index in [1.54, 1.807) is 7.11 Å². The first-order chi connectivity index (χ1) is 14.1. The summed E-state index contributed by atoms with van der Waals surface area (Å²) < 4.78 is 18.8. The monoisotopic (exact) mass is 438 g/mol. The second kappa shape index (κ2) is 10.3. The number of fused-ring (bicyclic) bond motifs is 1. The molecule has 0 fully saturated rings. The Morgan fingerprint density at radius 2 is 1.90 bits per heavy atom. The predicted molar refractivity (Wildman–Crippen MR) is 121 cm³/mol. The molecule has 7 nitrogen and oxygen atoms in total. The average Bonchev–Trinajstić information content (AvgIpc) is 3.09. The van der Waals surface area contributed by atoms with Crippen molar-refractivity contribution < 1.29 is 23.5 Å². The van der Waals surface area contributed by atoms with Crippen LogP contribution in [0.4, 0.5) is 4.79 Å². The van der Waals surface area contributed by atoms with E-state index in [0.717, 1.165) is 45.8 Å². The normalized spacial score (nSPS) is 12.1. The second-order valence-corrected chi connectivity index (χ2v) is 9.73. The minimum absolute atomic E-state index is 0.317. The summed E-state index contributed by atoms with van der Waals surface area (Å²) in [7, 11) is 3.91. The summed E-state index contributed by atoms with van der Waals surface area (Å²) in [4.78, 5) is 16.5. The standard InChI is InChI=1S/C22H35N3O4S/c1-8-25(6,9-2)11-10-12-28-18-13-16-19(14-17(18)27-7)30-20(24-16)15-23-21(26)29-22(3,4)5/h13-14H,8-12,15H2,1-7H3/p+1. The lowest BCUT2D eigenvalue weighted by Crippen LogP contribution is -2.44. The van der Waals surface area contributed by atoms with E-state index in [0.29, 0.717) is 24.7 Å². The summed E-state index contributed by atoms with van der Waals surface area (Å²) >= 11 is 1.51. The Labute approximate surface area is 183 Å². The Bertz CT molecular complexity index is 841. The number of rotatable bonds is 10. The molecule has 8 heteroatoms. The van der Waals surface area contributed by atoms with Gasteiger partial charge in [-0.15, -0.1) is 11.3 Å². The molecule has 0 saturated heterocycles. The number of nitrogens with zero attached hydrogens (tertiary/aromatic N) is 2. The summed E-state index contributed by atoms with van der Waals surface area (Å²) in [6.45, 7) is 14.2. The van der Waals surface area contributed by atoms with Crippen molar-refractivity contribution in [3.05, 3.63) is 17.1 Å². The van der Waals surface area contributed by atoms with Crippen molar-refractivity contribution in [1.29, 1.82) is 0 Å². The number of thiazole rings is 1. The fraction of sp³-hybridized carbons (Fsp3) is 0.636. The van der Waals surface area contributed by atoms with Crippen molar-refractivity contribution in [2.24, 2.45) is 0 Å². The number of ether oxygens (including phenoxy) is 3. The van der Waals surface area contributed by atoms with Gasteiger partial charge in [0.2, 0.25) is 0 Å². The van der Waals surface area contributed by atoms with Crippen LogP contribution >= 0.6 is 11.3 Å². The lowest BCUT2D eigenvalue weighted by Gasteiger charge is -2.32. The molecule has 0 bridgehead atoms. The second-order valence-electron chi connectivity index (χ2n) is 8.61. The van der Waals surface area contributed by atoms with Crippen LogP contribution in [0, 0.1) is 0 Å². The van der Waals surface area contributed by atoms with Crippen molar-refractivity contribution >= 4 is 27.6 Å². The van der Waals surface area contributed by atoms with Gasteiger partial charge in [0.15, 0.2) is 11.5 Å². The maximum absolute atomic E-state index is 11.9. The van der Waals surface area contributed by atoms with Crippen LogP contribution in [0.15, 0.2) is 12.1 Å². The summed E-state index contributed by atoms with van der Waals surface area (Å²) in [6.07, 6.45) is 0.523. The SMILES string of the molecule is CC[N+](C)(CC)CCCOc1cc2nc(CNC(=O)OC(C)(C)C)sc2cc1OC. The van der Waals surface area contributed by atoms with Gasteiger partial charge in [-0.3, -0.25) is 0 Å². The molecule has 1 amide bonds. The van der Waals surface area contributed by atoms with Crippen LogP contribution in [0.25, 0.3) is 10.2 Å². The van der Waals surface area contributed by atoms with Gasteiger partial charge in [0.05, 0.1) is 57.2 Å². The Morgan fingerprint density at radius 3 is 2.50 bits per heavy atom. The summed E-state index contributed by atoms with van der Waals surface area (Å²) in [5, 5.41) is 3.55. The third-order valence-electron chi connectivity index (χ3n) is 5.13. The molecule has 2 rings (SSSR count). The number of carbonyl (C=O) groups is 1. The van der Waals surface area contributed by atoms with Crippen molar-refractivity contribution in [2.45, 2.75) is 53.2 Å². The van der Waals surface area contributed by atoms with Crippen LogP contribution in [0.3, 0.4) is 0 Å². The van der Waals surface area contributed by atoms with E-state index in [9.17, 15) is 4.79 Å². The van der Waals surface area contributed by atoms with Crippen molar-refractivity contribution in [3.63, 3.8) is 0 Å². The average molecular weight is 439 g/mol. The number of benzene rings is 1. The molecule has 0 atom stereocenters. The highest BCUT2D eigenvalue weighted by Gasteiger charge is 2.18. The Balaban J connectivity index is 2.01. The van der Waals surface area contributed by atoms with Gasteiger partial charge >= 0.3 is 6.09 Å². The Hall–Kier alpha value is -2.06. The van der Waals surface area contributed by atoms with E-state index in [2.05, 4.69) is 31.2 Å². The summed E-state index contributed by atoms with van der Waals surface area (Å²) in [5.74, 6) is 1.39. The number of alkyl carbamates (subject to hydrolysis) is 1. The molecule has 1 aromatic carbocycles. The molecular weight excluding hydrogens is 402 g/mol. The van der Waals surface area contributed by atoms with E-state index in [4.69, 9.17) is 14.2 Å². The van der Waals surface area contributed by atoms with Gasteiger partial charge < -0.3 is 24.0 Å². The van der Waals surface area contributed by atoms with E-state index in [1.165, 1.54) is 11.3 Å². The fourth-order valence-electron chi connectivity index (χ4n) is 2.96. The molecule has 30 heavy (non-hydrogen) atoms. The topological polar surface area (TPSA) is 69.7 Å². The molecule has 0 saturated carbocycles. The van der Waals surface area contributed by atoms with Gasteiger partial charge in [-0.25, -0.2) is 9.78 Å². The minimum Gasteiger partial charge on any atom is -0.493 e. The van der Waals surface area contributed by atoms with Crippen LogP contribution in [-0.4, -0.2) is 61.6 Å². The van der Waals surface area contributed by atoms with Gasteiger partial charge in [0.25, 0.3) is 0 Å². The van der Waals surface area contributed by atoms with Crippen LogP contribution in [-0.2, 0) is 11.3 Å². The molecule has 0 radical (unpaired) electrons. The zero-order valence-corrected chi connectivity index (χ0v) is 20.1. The molecule has 0 aliphatic rings. The zero-order chi connectivity index (χ0) is 22.4. The number of hydrogen-bond acceptors (Lipinski definition) is 6. The van der Waals surface area contributed by atoms with Crippen LogP contribution < -0.4 is 14.8 Å². The third-order valence-corrected chi connectivity index (χ3v) is 6.15. The minimum atomic E-state index is -0.526. The summed E-state index contributed by atoms with van der Waals surface area (Å²) in [6, 6.07) is 3.85. The van der Waals surface area contributed by atoms with Gasteiger partial charge in [0.1, 0.15) is 10.6 Å². The van der Waals surface area contributed by atoms with Gasteiger partial charge in [0, 0.05) is 18.6 Å². The van der Waals surface area contributed by atoms with Crippen LogP contribution in [0.2, 0.25) is 0 Å². The Kier molecular flexibility index (Phi) is 8.32. The maximum atomic E-state index is 11.9. The van der Waals surface area contributed by atoms with Crippen LogP contribution in [0.1, 0.15) is 46.0 Å². The molecule has 0 spiro atoms. The lowest BCUT2D eigenvalue weighted by atomic mass is 10.2. The van der Waals surface area contributed by atoms with Gasteiger partial charge in [-0.05, 0) is 34.6 Å². The molecule has 1 aromatic heterocycles.